The average molecular weight is 515 g/mol. The van der Waals surface area contributed by atoms with Crippen LogP contribution in [0.1, 0.15) is 33.4 Å². The van der Waals surface area contributed by atoms with E-state index in [0.29, 0.717) is 28.3 Å². The number of rotatable bonds is 6. The summed E-state index contributed by atoms with van der Waals surface area (Å²) in [6.07, 6.45) is 1.98. The number of nitrogens with one attached hydrogen (secondary N) is 1. The number of hydrogen-bond acceptors (Lipinski definition) is 5. The summed E-state index contributed by atoms with van der Waals surface area (Å²) in [4.78, 5) is 29.8. The molecule has 35 heavy (non-hydrogen) atoms. The van der Waals surface area contributed by atoms with E-state index in [1.54, 1.807) is 35.8 Å². The SMILES string of the molecule is COc1cc2c(cc1OC)[C@@H](C(=O)Nc1ccc(F)c(Cl)c1)[C@H](c1ccc(SC)cc1)N(C)C2=O. The molecule has 1 aliphatic rings. The number of likely N-dealkylation sites (N-methyl/N-ethyl adjacent to an activating group) is 1. The predicted molar refractivity (Wildman–Crippen MR) is 135 cm³/mol. The van der Waals surface area contributed by atoms with Crippen LogP contribution >= 0.6 is 23.4 Å². The van der Waals surface area contributed by atoms with Crippen LogP contribution in [0.4, 0.5) is 10.1 Å². The molecule has 0 spiro atoms. The van der Waals surface area contributed by atoms with Gasteiger partial charge in [-0.3, -0.25) is 9.59 Å². The van der Waals surface area contributed by atoms with Gasteiger partial charge in [-0.1, -0.05) is 23.7 Å². The van der Waals surface area contributed by atoms with Crippen molar-refractivity contribution in [2.24, 2.45) is 0 Å². The Labute approximate surface area is 212 Å². The molecule has 0 aliphatic carbocycles. The Morgan fingerprint density at radius 3 is 2.31 bits per heavy atom. The van der Waals surface area contributed by atoms with E-state index in [-0.39, 0.29) is 16.8 Å². The number of ether oxygens (including phenoxy) is 2. The Morgan fingerprint density at radius 1 is 1.06 bits per heavy atom. The molecule has 0 unspecified atom stereocenters. The van der Waals surface area contributed by atoms with Crippen LogP contribution in [-0.4, -0.2) is 44.2 Å². The number of amides is 2. The van der Waals surface area contributed by atoms with Crippen molar-refractivity contribution >= 4 is 40.9 Å². The zero-order valence-corrected chi connectivity index (χ0v) is 21.2. The summed E-state index contributed by atoms with van der Waals surface area (Å²) in [6, 6.07) is 14.4. The lowest BCUT2D eigenvalue weighted by atomic mass is 9.79. The van der Waals surface area contributed by atoms with Gasteiger partial charge in [0.2, 0.25) is 5.91 Å². The first-order valence-electron chi connectivity index (χ1n) is 10.7. The number of fused-ring (bicyclic) bond motifs is 1. The summed E-state index contributed by atoms with van der Waals surface area (Å²) in [5.74, 6) is -1.20. The molecule has 1 heterocycles. The Kier molecular flexibility index (Phi) is 7.23. The second-order valence-electron chi connectivity index (χ2n) is 8.02. The summed E-state index contributed by atoms with van der Waals surface area (Å²) < 4.78 is 24.5. The number of anilines is 1. The smallest absolute Gasteiger partial charge is 0.254 e. The standard InChI is InChI=1S/C26H24ClFN2O4S/c1-30-24(14-5-8-16(35-4)9-6-14)23(25(31)29-15-7-10-20(28)19(27)11-15)17-12-21(33-2)22(34-3)13-18(17)26(30)32/h5-13,23-24H,1-4H3,(H,29,31)/t23-,24+/m1/s1. The number of halogens is 2. The number of thioether (sulfide) groups is 1. The highest BCUT2D eigenvalue weighted by molar-refractivity contribution is 7.98. The maximum Gasteiger partial charge on any atom is 0.254 e. The number of nitrogens with zero attached hydrogens (tertiary/aromatic N) is 1. The minimum absolute atomic E-state index is 0.102. The molecule has 9 heteroatoms. The van der Waals surface area contributed by atoms with Crippen LogP contribution in [0.5, 0.6) is 11.5 Å². The summed E-state index contributed by atoms with van der Waals surface area (Å²) in [7, 11) is 4.65. The van der Waals surface area contributed by atoms with Gasteiger partial charge in [0.05, 0.1) is 31.2 Å². The second kappa shape index (κ2) is 10.2. The van der Waals surface area contributed by atoms with Crippen LogP contribution in [0.2, 0.25) is 5.02 Å². The van der Waals surface area contributed by atoms with E-state index in [0.717, 1.165) is 10.5 Å². The molecular formula is C26H24ClFN2O4S. The van der Waals surface area contributed by atoms with Crippen LogP contribution < -0.4 is 14.8 Å². The fourth-order valence-corrected chi connectivity index (χ4v) is 4.93. The summed E-state index contributed by atoms with van der Waals surface area (Å²) in [5.41, 5.74) is 2.01. The Balaban J connectivity index is 1.86. The molecule has 2 amide bonds. The molecule has 4 rings (SSSR count). The molecule has 182 valence electrons. The first kappa shape index (κ1) is 24.9. The van der Waals surface area contributed by atoms with Gasteiger partial charge in [-0.05, 0) is 59.8 Å². The Hall–Kier alpha value is -3.23. The van der Waals surface area contributed by atoms with Crippen molar-refractivity contribution in [3.8, 4) is 11.5 Å². The first-order valence-corrected chi connectivity index (χ1v) is 12.3. The molecule has 0 fully saturated rings. The number of benzene rings is 3. The average Bonchev–Trinajstić information content (AvgIpc) is 2.87. The van der Waals surface area contributed by atoms with Crippen molar-refractivity contribution < 1.29 is 23.5 Å². The van der Waals surface area contributed by atoms with Gasteiger partial charge in [0, 0.05) is 23.2 Å². The molecule has 1 N–H and O–H groups in total. The van der Waals surface area contributed by atoms with Gasteiger partial charge in [0.25, 0.3) is 5.91 Å². The van der Waals surface area contributed by atoms with Crippen molar-refractivity contribution in [2.75, 3.05) is 32.8 Å². The lowest BCUT2D eigenvalue weighted by Crippen LogP contribution is -2.44. The van der Waals surface area contributed by atoms with E-state index >= 15 is 0 Å². The molecule has 1 aliphatic heterocycles. The van der Waals surface area contributed by atoms with E-state index < -0.39 is 17.8 Å². The largest absolute Gasteiger partial charge is 0.493 e. The highest BCUT2D eigenvalue weighted by Crippen LogP contribution is 2.46. The zero-order chi connectivity index (χ0) is 25.3. The van der Waals surface area contributed by atoms with Crippen LogP contribution in [0.15, 0.2) is 59.5 Å². The summed E-state index contributed by atoms with van der Waals surface area (Å²) >= 11 is 7.52. The lowest BCUT2D eigenvalue weighted by molar-refractivity contribution is -0.119. The molecular weight excluding hydrogens is 491 g/mol. The van der Waals surface area contributed by atoms with Gasteiger partial charge >= 0.3 is 0 Å². The number of carbonyl (C=O) groups excluding carboxylic acids is 2. The van der Waals surface area contributed by atoms with Crippen LogP contribution in [0.25, 0.3) is 0 Å². The van der Waals surface area contributed by atoms with Gasteiger partial charge in [-0.25, -0.2) is 4.39 Å². The van der Waals surface area contributed by atoms with Gasteiger partial charge in [0.15, 0.2) is 11.5 Å². The molecule has 3 aromatic carbocycles. The summed E-state index contributed by atoms with van der Waals surface area (Å²) in [6.45, 7) is 0. The lowest BCUT2D eigenvalue weighted by Gasteiger charge is -2.40. The number of hydrogen-bond donors (Lipinski definition) is 1. The maximum atomic E-state index is 13.8. The van der Waals surface area contributed by atoms with E-state index in [2.05, 4.69) is 5.32 Å². The predicted octanol–water partition coefficient (Wildman–Crippen LogP) is 5.77. The highest BCUT2D eigenvalue weighted by atomic mass is 35.5. The van der Waals surface area contributed by atoms with E-state index in [1.165, 1.54) is 32.4 Å². The van der Waals surface area contributed by atoms with Crippen molar-refractivity contribution in [2.45, 2.75) is 16.9 Å². The highest BCUT2D eigenvalue weighted by Gasteiger charge is 2.43. The van der Waals surface area contributed by atoms with E-state index in [4.69, 9.17) is 21.1 Å². The molecule has 0 saturated heterocycles. The fraction of sp³-hybridized carbons (Fsp3) is 0.231. The van der Waals surface area contributed by atoms with Gasteiger partial charge in [-0.2, -0.15) is 0 Å². The van der Waals surface area contributed by atoms with Gasteiger partial charge in [-0.15, -0.1) is 11.8 Å². The second-order valence-corrected chi connectivity index (χ2v) is 9.31. The molecule has 0 saturated carbocycles. The third kappa shape index (κ3) is 4.68. The molecule has 3 aromatic rings. The van der Waals surface area contributed by atoms with Crippen molar-refractivity contribution in [1.82, 2.24) is 4.90 Å². The van der Waals surface area contributed by atoms with Gasteiger partial charge in [0.1, 0.15) is 5.82 Å². The van der Waals surface area contributed by atoms with Crippen LogP contribution in [0, 0.1) is 5.82 Å². The number of carbonyl (C=O) groups is 2. The van der Waals surface area contributed by atoms with E-state index in [1.807, 2.05) is 30.5 Å². The van der Waals surface area contributed by atoms with E-state index in [9.17, 15) is 14.0 Å². The first-order chi connectivity index (χ1) is 16.8. The van der Waals surface area contributed by atoms with Crippen LogP contribution in [-0.2, 0) is 4.79 Å². The fourth-order valence-electron chi connectivity index (χ4n) is 4.34. The van der Waals surface area contributed by atoms with Crippen molar-refractivity contribution in [3.05, 3.63) is 82.1 Å². The Morgan fingerprint density at radius 2 is 1.71 bits per heavy atom. The molecule has 0 radical (unpaired) electrons. The van der Waals surface area contributed by atoms with Gasteiger partial charge < -0.3 is 19.7 Å². The zero-order valence-electron chi connectivity index (χ0n) is 19.6. The minimum Gasteiger partial charge on any atom is -0.493 e. The molecule has 0 bridgehead atoms. The normalized spacial score (nSPS) is 17.1. The maximum absolute atomic E-state index is 13.8. The monoisotopic (exact) mass is 514 g/mol. The Bertz CT molecular complexity index is 1290. The third-order valence-corrected chi connectivity index (χ3v) is 7.13. The quantitative estimate of drug-likeness (QED) is 0.423. The topological polar surface area (TPSA) is 67.9 Å². The number of methoxy groups -OCH3 is 2. The molecule has 2 atom stereocenters. The molecule has 0 aromatic heterocycles. The minimum atomic E-state index is -0.795. The van der Waals surface area contributed by atoms with Crippen LogP contribution in [0.3, 0.4) is 0 Å². The van der Waals surface area contributed by atoms with Crippen molar-refractivity contribution in [3.63, 3.8) is 0 Å². The van der Waals surface area contributed by atoms with Crippen molar-refractivity contribution in [1.29, 1.82) is 0 Å². The molecule has 6 nitrogen and oxygen atoms in total. The third-order valence-electron chi connectivity index (χ3n) is 6.10. The summed E-state index contributed by atoms with van der Waals surface area (Å²) in [5, 5.41) is 2.74.